The molecule has 5 heteroatoms. The van der Waals surface area contributed by atoms with Crippen LogP contribution in [-0.2, 0) is 18.3 Å². The van der Waals surface area contributed by atoms with E-state index in [1.54, 1.807) is 4.68 Å². The van der Waals surface area contributed by atoms with E-state index in [9.17, 15) is 4.79 Å². The third-order valence-electron chi connectivity index (χ3n) is 3.05. The molecular formula is C11H16ClN3O. The Morgan fingerprint density at radius 3 is 2.94 bits per heavy atom. The van der Waals surface area contributed by atoms with Gasteiger partial charge in [-0.2, -0.15) is 5.10 Å². The SMILES string of the molecule is Cc1nn(C)c(CC(=O)C2CCCN2)c1Cl. The van der Waals surface area contributed by atoms with E-state index in [0.717, 1.165) is 30.8 Å². The predicted octanol–water partition coefficient (Wildman–Crippen LogP) is 1.25. The standard InChI is InChI=1S/C11H16ClN3O/c1-7-11(12)9(15(2)14-7)6-10(16)8-4-3-5-13-8/h8,13H,3-6H2,1-2H3. The highest BCUT2D eigenvalue weighted by Crippen LogP contribution is 2.21. The third kappa shape index (κ3) is 2.13. The molecule has 16 heavy (non-hydrogen) atoms. The molecule has 1 unspecified atom stereocenters. The van der Waals surface area contributed by atoms with Crippen molar-refractivity contribution < 1.29 is 4.79 Å². The zero-order chi connectivity index (χ0) is 11.7. The normalized spacial score (nSPS) is 20.3. The smallest absolute Gasteiger partial charge is 0.155 e. The highest BCUT2D eigenvalue weighted by molar-refractivity contribution is 6.32. The van der Waals surface area contributed by atoms with Gasteiger partial charge in [0.05, 0.1) is 28.9 Å². The second-order valence-corrected chi connectivity index (χ2v) is 4.64. The molecule has 0 bridgehead atoms. The Balaban J connectivity index is 2.11. The molecular weight excluding hydrogens is 226 g/mol. The van der Waals surface area contributed by atoms with Crippen molar-refractivity contribution in [3.63, 3.8) is 0 Å². The second kappa shape index (κ2) is 4.55. The minimum absolute atomic E-state index is 0.00581. The van der Waals surface area contributed by atoms with E-state index < -0.39 is 0 Å². The summed E-state index contributed by atoms with van der Waals surface area (Å²) in [5.74, 6) is 0.211. The fourth-order valence-corrected chi connectivity index (χ4v) is 2.35. The van der Waals surface area contributed by atoms with E-state index >= 15 is 0 Å². The van der Waals surface area contributed by atoms with Crippen molar-refractivity contribution in [2.45, 2.75) is 32.2 Å². The Labute approximate surface area is 100.0 Å². The molecule has 88 valence electrons. The maximum Gasteiger partial charge on any atom is 0.155 e. The monoisotopic (exact) mass is 241 g/mol. The number of carbonyl (C=O) groups excluding carboxylic acids is 1. The molecule has 1 aromatic rings. The van der Waals surface area contributed by atoms with Gasteiger partial charge in [0.1, 0.15) is 0 Å². The summed E-state index contributed by atoms with van der Waals surface area (Å²) in [6.45, 7) is 2.79. The molecule has 1 aromatic heterocycles. The molecule has 1 atom stereocenters. The molecule has 0 spiro atoms. The van der Waals surface area contributed by atoms with Crippen LogP contribution in [0.4, 0.5) is 0 Å². The first-order valence-corrected chi connectivity index (χ1v) is 5.91. The first kappa shape index (κ1) is 11.6. The summed E-state index contributed by atoms with van der Waals surface area (Å²) in [6, 6.07) is 0.00581. The summed E-state index contributed by atoms with van der Waals surface area (Å²) in [5.41, 5.74) is 1.60. The van der Waals surface area contributed by atoms with Crippen molar-refractivity contribution in [1.82, 2.24) is 15.1 Å². The lowest BCUT2D eigenvalue weighted by Crippen LogP contribution is -2.32. The molecule has 1 saturated heterocycles. The first-order chi connectivity index (χ1) is 7.59. The average molecular weight is 242 g/mol. The van der Waals surface area contributed by atoms with Gasteiger partial charge in [0.25, 0.3) is 0 Å². The van der Waals surface area contributed by atoms with Crippen molar-refractivity contribution in [2.24, 2.45) is 7.05 Å². The van der Waals surface area contributed by atoms with Crippen LogP contribution in [0.25, 0.3) is 0 Å². The Kier molecular flexibility index (Phi) is 3.30. The molecule has 1 fully saturated rings. The molecule has 2 rings (SSSR count). The zero-order valence-electron chi connectivity index (χ0n) is 9.59. The van der Waals surface area contributed by atoms with Crippen molar-refractivity contribution in [1.29, 1.82) is 0 Å². The van der Waals surface area contributed by atoms with Crippen LogP contribution in [0.1, 0.15) is 24.2 Å². The molecule has 0 aliphatic carbocycles. The van der Waals surface area contributed by atoms with Gasteiger partial charge in [0.2, 0.25) is 0 Å². The van der Waals surface area contributed by atoms with Gasteiger partial charge in [-0.25, -0.2) is 0 Å². The number of ketones is 1. The van der Waals surface area contributed by atoms with Gasteiger partial charge < -0.3 is 5.32 Å². The third-order valence-corrected chi connectivity index (χ3v) is 3.54. The van der Waals surface area contributed by atoms with E-state index in [2.05, 4.69) is 10.4 Å². The van der Waals surface area contributed by atoms with Crippen molar-refractivity contribution >= 4 is 17.4 Å². The molecule has 0 aromatic carbocycles. The fourth-order valence-electron chi connectivity index (χ4n) is 2.12. The lowest BCUT2D eigenvalue weighted by atomic mass is 10.1. The summed E-state index contributed by atoms with van der Waals surface area (Å²) in [7, 11) is 1.82. The molecule has 4 nitrogen and oxygen atoms in total. The number of carbonyl (C=O) groups is 1. The topological polar surface area (TPSA) is 46.9 Å². The van der Waals surface area contributed by atoms with Gasteiger partial charge >= 0.3 is 0 Å². The predicted molar refractivity (Wildman–Crippen MR) is 62.7 cm³/mol. The van der Waals surface area contributed by atoms with Crippen molar-refractivity contribution in [3.8, 4) is 0 Å². The van der Waals surface area contributed by atoms with Crippen molar-refractivity contribution in [3.05, 3.63) is 16.4 Å². The Morgan fingerprint density at radius 1 is 1.69 bits per heavy atom. The minimum Gasteiger partial charge on any atom is -0.307 e. The number of nitrogens with zero attached hydrogens (tertiary/aromatic N) is 2. The number of nitrogens with one attached hydrogen (secondary N) is 1. The Hall–Kier alpha value is -0.870. The van der Waals surface area contributed by atoms with Crippen LogP contribution in [0.15, 0.2) is 0 Å². The number of aromatic nitrogens is 2. The van der Waals surface area contributed by atoms with Gasteiger partial charge in [0.15, 0.2) is 5.78 Å². The number of aryl methyl sites for hydroxylation is 2. The van der Waals surface area contributed by atoms with Crippen LogP contribution < -0.4 is 5.32 Å². The van der Waals surface area contributed by atoms with Crippen LogP contribution in [0.3, 0.4) is 0 Å². The average Bonchev–Trinajstić information content (AvgIpc) is 2.83. The minimum atomic E-state index is 0.00581. The molecule has 1 aliphatic rings. The summed E-state index contributed by atoms with van der Waals surface area (Å²) in [4.78, 5) is 12.0. The number of rotatable bonds is 3. The Bertz CT molecular complexity index is 408. The lowest BCUT2D eigenvalue weighted by molar-refractivity contribution is -0.120. The summed E-state index contributed by atoms with van der Waals surface area (Å²) >= 11 is 6.11. The Morgan fingerprint density at radius 2 is 2.44 bits per heavy atom. The van der Waals surface area contributed by atoms with Gasteiger partial charge in [-0.3, -0.25) is 9.48 Å². The molecule has 2 heterocycles. The van der Waals surface area contributed by atoms with Crippen LogP contribution in [0, 0.1) is 6.92 Å². The van der Waals surface area contributed by atoms with Crippen molar-refractivity contribution in [2.75, 3.05) is 6.54 Å². The van der Waals surface area contributed by atoms with Crippen LogP contribution in [0.2, 0.25) is 5.02 Å². The first-order valence-electron chi connectivity index (χ1n) is 5.53. The number of hydrogen-bond donors (Lipinski definition) is 1. The summed E-state index contributed by atoms with van der Waals surface area (Å²) < 4.78 is 1.70. The van der Waals surface area contributed by atoms with E-state index in [0.29, 0.717) is 11.4 Å². The zero-order valence-corrected chi connectivity index (χ0v) is 10.3. The molecule has 0 saturated carbocycles. The van der Waals surface area contributed by atoms with E-state index in [1.165, 1.54) is 0 Å². The highest BCUT2D eigenvalue weighted by atomic mass is 35.5. The number of halogens is 1. The number of hydrogen-bond acceptors (Lipinski definition) is 3. The van der Waals surface area contributed by atoms with Gasteiger partial charge in [-0.15, -0.1) is 0 Å². The number of Topliss-reactive ketones (excluding diaryl/α,β-unsaturated/α-hetero) is 1. The molecule has 0 amide bonds. The lowest BCUT2D eigenvalue weighted by Gasteiger charge is -2.09. The van der Waals surface area contributed by atoms with E-state index in [1.807, 2.05) is 14.0 Å². The van der Waals surface area contributed by atoms with Crippen LogP contribution in [-0.4, -0.2) is 28.2 Å². The second-order valence-electron chi connectivity index (χ2n) is 4.26. The quantitative estimate of drug-likeness (QED) is 0.867. The van der Waals surface area contributed by atoms with Crippen LogP contribution >= 0.6 is 11.6 Å². The maximum atomic E-state index is 12.0. The molecule has 1 N–H and O–H groups in total. The summed E-state index contributed by atoms with van der Waals surface area (Å²) in [5, 5.41) is 8.02. The van der Waals surface area contributed by atoms with E-state index in [-0.39, 0.29) is 11.8 Å². The van der Waals surface area contributed by atoms with Gasteiger partial charge in [0, 0.05) is 7.05 Å². The van der Waals surface area contributed by atoms with E-state index in [4.69, 9.17) is 11.6 Å². The van der Waals surface area contributed by atoms with Crippen LogP contribution in [0.5, 0.6) is 0 Å². The maximum absolute atomic E-state index is 12.0. The van der Waals surface area contributed by atoms with Gasteiger partial charge in [-0.1, -0.05) is 11.6 Å². The highest BCUT2D eigenvalue weighted by Gasteiger charge is 2.24. The largest absolute Gasteiger partial charge is 0.307 e. The molecule has 0 radical (unpaired) electrons. The van der Waals surface area contributed by atoms with Gasteiger partial charge in [-0.05, 0) is 26.3 Å². The fraction of sp³-hybridized carbons (Fsp3) is 0.636. The summed E-state index contributed by atoms with van der Waals surface area (Å²) in [6.07, 6.45) is 2.38. The molecule has 1 aliphatic heterocycles.